The Morgan fingerprint density at radius 3 is 2.37 bits per heavy atom. The summed E-state index contributed by atoms with van der Waals surface area (Å²) >= 11 is 0. The number of methoxy groups -OCH3 is 2. The molecule has 9 heteroatoms. The Kier molecular flexibility index (Phi) is 6.77. The van der Waals surface area contributed by atoms with E-state index in [9.17, 15) is 14.7 Å². The third-order valence-corrected chi connectivity index (χ3v) is 5.63. The van der Waals surface area contributed by atoms with Crippen molar-refractivity contribution in [1.29, 1.82) is 0 Å². The van der Waals surface area contributed by atoms with Gasteiger partial charge in [0.05, 0.1) is 32.4 Å². The summed E-state index contributed by atoms with van der Waals surface area (Å²) in [6.45, 7) is 4.26. The number of carbonyl (C=O) groups excluding carboxylic acids is 2. The lowest BCUT2D eigenvalue weighted by Gasteiger charge is -2.23. The van der Waals surface area contributed by atoms with Crippen LogP contribution in [0.1, 0.15) is 36.3 Å². The Labute approximate surface area is 202 Å². The van der Waals surface area contributed by atoms with Gasteiger partial charge in [0.25, 0.3) is 5.78 Å². The highest BCUT2D eigenvalue weighted by Crippen LogP contribution is 2.43. The van der Waals surface area contributed by atoms with Gasteiger partial charge in [0, 0.05) is 11.6 Å². The molecule has 182 valence electrons. The van der Waals surface area contributed by atoms with Gasteiger partial charge in [-0.25, -0.2) is 0 Å². The molecule has 2 heterocycles. The zero-order valence-electron chi connectivity index (χ0n) is 19.9. The smallest absolute Gasteiger partial charge is 0.301 e. The molecule has 0 bridgehead atoms. The number of aliphatic hydroxyl groups is 1. The number of amides is 1. The number of ketones is 1. The van der Waals surface area contributed by atoms with E-state index in [4.69, 9.17) is 18.7 Å². The molecule has 1 saturated heterocycles. The quantitative estimate of drug-likeness (QED) is 0.288. The number of hydrogen-bond donors (Lipinski definition) is 1. The summed E-state index contributed by atoms with van der Waals surface area (Å²) in [5.41, 5.74) is 0.811. The minimum Gasteiger partial charge on any atom is -0.507 e. The summed E-state index contributed by atoms with van der Waals surface area (Å²) in [5.74, 6) is 0.128. The lowest BCUT2D eigenvalue weighted by Crippen LogP contribution is -2.29. The predicted molar refractivity (Wildman–Crippen MR) is 128 cm³/mol. The molecule has 1 aromatic heterocycles. The van der Waals surface area contributed by atoms with E-state index >= 15 is 0 Å². The molecule has 0 spiro atoms. The normalized spacial score (nSPS) is 17.0. The number of nitrogens with zero attached hydrogens (tertiary/aromatic N) is 2. The van der Waals surface area contributed by atoms with Crippen molar-refractivity contribution in [2.75, 3.05) is 25.7 Å². The number of aromatic nitrogens is 1. The Bertz CT molecular complexity index is 1280. The molecule has 35 heavy (non-hydrogen) atoms. The van der Waals surface area contributed by atoms with E-state index in [0.29, 0.717) is 40.7 Å². The highest BCUT2D eigenvalue weighted by atomic mass is 16.5. The van der Waals surface area contributed by atoms with Gasteiger partial charge < -0.3 is 23.8 Å². The van der Waals surface area contributed by atoms with Gasteiger partial charge in [-0.2, -0.15) is 0 Å². The van der Waals surface area contributed by atoms with E-state index in [1.165, 1.54) is 19.1 Å². The third-order valence-electron chi connectivity index (χ3n) is 5.63. The fraction of sp³-hybridized carbons (Fsp3) is 0.269. The molecule has 0 aliphatic carbocycles. The van der Waals surface area contributed by atoms with Crippen LogP contribution in [0.25, 0.3) is 5.76 Å². The summed E-state index contributed by atoms with van der Waals surface area (Å²) in [7, 11) is 2.96. The van der Waals surface area contributed by atoms with Crippen molar-refractivity contribution >= 4 is 23.3 Å². The van der Waals surface area contributed by atoms with Crippen molar-refractivity contribution in [1.82, 2.24) is 5.16 Å². The zero-order chi connectivity index (χ0) is 25.1. The van der Waals surface area contributed by atoms with Crippen LogP contribution < -0.4 is 19.1 Å². The Balaban J connectivity index is 1.87. The maximum absolute atomic E-state index is 13.2. The summed E-state index contributed by atoms with van der Waals surface area (Å²) in [4.78, 5) is 27.6. The number of Topliss-reactive ketones (excluding diaryl/α,β-unsaturated/α-hetero) is 1. The van der Waals surface area contributed by atoms with Gasteiger partial charge >= 0.3 is 5.91 Å². The van der Waals surface area contributed by atoms with Crippen molar-refractivity contribution in [3.05, 3.63) is 71.0 Å². The largest absolute Gasteiger partial charge is 0.507 e. The number of rotatable bonds is 8. The topological polar surface area (TPSA) is 111 Å². The molecular formula is C26H26N2O7. The maximum atomic E-state index is 13.2. The molecule has 2 aromatic carbocycles. The zero-order valence-corrected chi connectivity index (χ0v) is 19.9. The molecule has 0 saturated carbocycles. The number of ether oxygens (including phenoxy) is 3. The monoisotopic (exact) mass is 478 g/mol. The predicted octanol–water partition coefficient (Wildman–Crippen LogP) is 4.42. The molecule has 0 radical (unpaired) electrons. The number of hydrogen-bond acceptors (Lipinski definition) is 8. The van der Waals surface area contributed by atoms with Crippen LogP contribution in [0.15, 0.2) is 58.6 Å². The molecular weight excluding hydrogens is 452 g/mol. The van der Waals surface area contributed by atoms with Crippen molar-refractivity contribution in [3.63, 3.8) is 0 Å². The third kappa shape index (κ3) is 4.44. The van der Waals surface area contributed by atoms with E-state index in [2.05, 4.69) is 5.16 Å². The SMILES string of the molecule is CCCOc1ccc([C@H]2C(=C(O)c3ccc(OC)c(OC)c3)C(=O)C(=O)N2c2cc(C)on2)cc1. The van der Waals surface area contributed by atoms with E-state index in [1.807, 2.05) is 6.92 Å². The van der Waals surface area contributed by atoms with E-state index in [-0.39, 0.29) is 17.2 Å². The summed E-state index contributed by atoms with van der Waals surface area (Å²) in [5, 5.41) is 15.2. The highest BCUT2D eigenvalue weighted by molar-refractivity contribution is 6.51. The minimum absolute atomic E-state index is 0.0786. The fourth-order valence-electron chi connectivity index (χ4n) is 3.96. The lowest BCUT2D eigenvalue weighted by atomic mass is 9.95. The van der Waals surface area contributed by atoms with E-state index in [1.54, 1.807) is 55.5 Å². The summed E-state index contributed by atoms with van der Waals surface area (Å²) in [6, 6.07) is 12.4. The van der Waals surface area contributed by atoms with Crippen LogP contribution in [0.4, 0.5) is 5.82 Å². The van der Waals surface area contributed by atoms with Crippen LogP contribution >= 0.6 is 0 Å². The van der Waals surface area contributed by atoms with Crippen LogP contribution in [-0.4, -0.2) is 42.8 Å². The van der Waals surface area contributed by atoms with Gasteiger partial charge in [0.15, 0.2) is 17.3 Å². The second-order valence-corrected chi connectivity index (χ2v) is 7.95. The summed E-state index contributed by atoms with van der Waals surface area (Å²) in [6.07, 6.45) is 0.860. The average Bonchev–Trinajstić information content (AvgIpc) is 3.42. The van der Waals surface area contributed by atoms with Gasteiger partial charge in [-0.1, -0.05) is 24.2 Å². The first-order chi connectivity index (χ1) is 16.9. The van der Waals surface area contributed by atoms with Gasteiger partial charge in [-0.15, -0.1) is 0 Å². The van der Waals surface area contributed by atoms with Crippen LogP contribution in [0, 0.1) is 6.92 Å². The fourth-order valence-corrected chi connectivity index (χ4v) is 3.96. The maximum Gasteiger partial charge on any atom is 0.301 e. The molecule has 9 nitrogen and oxygen atoms in total. The average molecular weight is 479 g/mol. The Morgan fingerprint density at radius 2 is 1.77 bits per heavy atom. The highest BCUT2D eigenvalue weighted by Gasteiger charge is 2.48. The van der Waals surface area contributed by atoms with Gasteiger partial charge in [0.1, 0.15) is 17.3 Å². The van der Waals surface area contributed by atoms with Crippen LogP contribution in [0.5, 0.6) is 17.2 Å². The molecule has 4 rings (SSSR count). The molecule has 1 aliphatic heterocycles. The first-order valence-electron chi connectivity index (χ1n) is 11.1. The first kappa shape index (κ1) is 23.9. The van der Waals surface area contributed by atoms with Crippen LogP contribution in [0.3, 0.4) is 0 Å². The van der Waals surface area contributed by atoms with Crippen molar-refractivity contribution < 1.29 is 33.4 Å². The first-order valence-corrected chi connectivity index (χ1v) is 11.1. The van der Waals surface area contributed by atoms with Crippen molar-refractivity contribution in [2.24, 2.45) is 0 Å². The van der Waals surface area contributed by atoms with Crippen LogP contribution in [0.2, 0.25) is 0 Å². The second kappa shape index (κ2) is 9.92. The van der Waals surface area contributed by atoms with E-state index in [0.717, 1.165) is 6.42 Å². The van der Waals surface area contributed by atoms with Crippen molar-refractivity contribution in [3.8, 4) is 17.2 Å². The minimum atomic E-state index is -0.937. The van der Waals surface area contributed by atoms with E-state index < -0.39 is 17.7 Å². The van der Waals surface area contributed by atoms with Gasteiger partial charge in [-0.3, -0.25) is 14.5 Å². The Hall–Kier alpha value is -4.27. The number of anilines is 1. The van der Waals surface area contributed by atoms with Gasteiger partial charge in [-0.05, 0) is 49.2 Å². The molecule has 1 amide bonds. The number of carbonyl (C=O) groups is 2. The standard InChI is InChI=1S/C26H26N2O7/c1-5-12-34-18-9-6-16(7-10-18)23-22(24(29)17-8-11-19(32-3)20(14-17)33-4)25(30)26(31)28(23)21-13-15(2)35-27-21/h6-11,13-14,23,29H,5,12H2,1-4H3/t23-/m0/s1. The van der Waals surface area contributed by atoms with Crippen LogP contribution in [-0.2, 0) is 9.59 Å². The number of aliphatic hydroxyl groups excluding tert-OH is 1. The lowest BCUT2D eigenvalue weighted by molar-refractivity contribution is -0.132. The Morgan fingerprint density at radius 1 is 1.06 bits per heavy atom. The summed E-state index contributed by atoms with van der Waals surface area (Å²) < 4.78 is 21.4. The van der Waals surface area contributed by atoms with Gasteiger partial charge in [0.2, 0.25) is 0 Å². The molecule has 1 atom stereocenters. The molecule has 3 aromatic rings. The van der Waals surface area contributed by atoms with Crippen molar-refractivity contribution in [2.45, 2.75) is 26.3 Å². The number of aryl methyl sites for hydroxylation is 1. The second-order valence-electron chi connectivity index (χ2n) is 7.95. The molecule has 1 aliphatic rings. The molecule has 0 unspecified atom stereocenters. The molecule has 1 fully saturated rings. The molecule has 1 N–H and O–H groups in total. The number of benzene rings is 2.